The Morgan fingerprint density at radius 3 is 2.65 bits per heavy atom. The molecule has 2 atom stereocenters. The number of hydrogen-bond donors (Lipinski definition) is 2. The Balaban J connectivity index is 2.33. The van der Waals surface area contributed by atoms with Gasteiger partial charge in [-0.3, -0.25) is 21.2 Å². The van der Waals surface area contributed by atoms with E-state index >= 15 is 0 Å². The highest BCUT2D eigenvalue weighted by Gasteiger charge is 2.39. The molecule has 0 bridgehead atoms. The van der Waals surface area contributed by atoms with E-state index in [9.17, 15) is 0 Å². The number of pyridine rings is 1. The van der Waals surface area contributed by atoms with E-state index in [0.29, 0.717) is 0 Å². The Bertz CT molecular complexity index is 428. The molecule has 1 aromatic heterocycles. The van der Waals surface area contributed by atoms with E-state index in [4.69, 9.17) is 5.84 Å². The van der Waals surface area contributed by atoms with Crippen molar-refractivity contribution in [2.75, 3.05) is 13.1 Å². The third-order valence-corrected chi connectivity index (χ3v) is 4.97. The van der Waals surface area contributed by atoms with Crippen LogP contribution in [0.3, 0.4) is 0 Å². The maximum absolute atomic E-state index is 5.94. The zero-order valence-corrected chi connectivity index (χ0v) is 13.0. The SMILES string of the molecule is CCC(C)(C(NN)c1cnccc1C)N1CCCCC1. The summed E-state index contributed by atoms with van der Waals surface area (Å²) in [4.78, 5) is 6.90. The Kier molecular flexibility index (Phi) is 5.13. The standard InChI is InChI=1S/C16H28N4/c1-4-16(3,20-10-6-5-7-11-20)15(19-17)14-12-18-9-8-13(14)2/h8-9,12,15,19H,4-7,10-11,17H2,1-3H3. The maximum Gasteiger partial charge on any atom is 0.0658 e. The highest BCUT2D eigenvalue weighted by atomic mass is 15.3. The zero-order valence-electron chi connectivity index (χ0n) is 13.0. The summed E-state index contributed by atoms with van der Waals surface area (Å²) in [5.74, 6) is 5.94. The highest BCUT2D eigenvalue weighted by molar-refractivity contribution is 5.28. The molecule has 4 nitrogen and oxygen atoms in total. The predicted octanol–water partition coefficient (Wildman–Crippen LogP) is 2.55. The molecule has 0 aromatic carbocycles. The van der Waals surface area contributed by atoms with Gasteiger partial charge in [-0.1, -0.05) is 13.3 Å². The average Bonchev–Trinajstić information content (AvgIpc) is 2.50. The van der Waals surface area contributed by atoms with Crippen molar-refractivity contribution in [2.24, 2.45) is 5.84 Å². The fourth-order valence-electron chi connectivity index (χ4n) is 3.40. The van der Waals surface area contributed by atoms with Crippen molar-refractivity contribution < 1.29 is 0 Å². The Hall–Kier alpha value is -0.970. The molecule has 1 aliphatic rings. The number of likely N-dealkylation sites (tertiary alicyclic amines) is 1. The highest BCUT2D eigenvalue weighted by Crippen LogP contribution is 2.36. The lowest BCUT2D eigenvalue weighted by Crippen LogP contribution is -2.57. The van der Waals surface area contributed by atoms with Crippen molar-refractivity contribution in [3.05, 3.63) is 29.6 Å². The van der Waals surface area contributed by atoms with Crippen LogP contribution in [0.1, 0.15) is 56.7 Å². The lowest BCUT2D eigenvalue weighted by molar-refractivity contribution is 0.0421. The lowest BCUT2D eigenvalue weighted by atomic mass is 9.81. The summed E-state index contributed by atoms with van der Waals surface area (Å²) >= 11 is 0. The van der Waals surface area contributed by atoms with Crippen LogP contribution < -0.4 is 11.3 Å². The molecular formula is C16H28N4. The average molecular weight is 276 g/mol. The molecule has 1 saturated heterocycles. The maximum atomic E-state index is 5.94. The van der Waals surface area contributed by atoms with Crippen LogP contribution in [0, 0.1) is 6.92 Å². The van der Waals surface area contributed by atoms with Crippen molar-refractivity contribution in [1.82, 2.24) is 15.3 Å². The van der Waals surface area contributed by atoms with Gasteiger partial charge >= 0.3 is 0 Å². The van der Waals surface area contributed by atoms with E-state index in [1.54, 1.807) is 0 Å². The van der Waals surface area contributed by atoms with Crippen LogP contribution in [0.5, 0.6) is 0 Å². The van der Waals surface area contributed by atoms with Crippen LogP contribution in [0.15, 0.2) is 18.5 Å². The fourth-order valence-corrected chi connectivity index (χ4v) is 3.40. The Morgan fingerprint density at radius 2 is 2.10 bits per heavy atom. The second kappa shape index (κ2) is 6.66. The molecule has 20 heavy (non-hydrogen) atoms. The number of hydrazine groups is 1. The molecular weight excluding hydrogens is 248 g/mol. The summed E-state index contributed by atoms with van der Waals surface area (Å²) in [6.07, 6.45) is 8.80. The third-order valence-electron chi connectivity index (χ3n) is 4.97. The van der Waals surface area contributed by atoms with Crippen LogP contribution in [0.2, 0.25) is 0 Å². The van der Waals surface area contributed by atoms with E-state index in [1.165, 1.54) is 43.5 Å². The van der Waals surface area contributed by atoms with Crippen molar-refractivity contribution >= 4 is 0 Å². The van der Waals surface area contributed by atoms with Crippen LogP contribution in [-0.2, 0) is 0 Å². The lowest BCUT2D eigenvalue weighted by Gasteiger charge is -2.48. The van der Waals surface area contributed by atoms with Gasteiger partial charge in [-0.2, -0.15) is 0 Å². The molecule has 0 spiro atoms. The molecule has 112 valence electrons. The minimum atomic E-state index is 0.0307. The summed E-state index contributed by atoms with van der Waals surface area (Å²) in [6.45, 7) is 9.05. The molecule has 0 amide bonds. The van der Waals surface area contributed by atoms with Crippen molar-refractivity contribution in [3.8, 4) is 0 Å². The first-order valence-corrected chi connectivity index (χ1v) is 7.75. The van der Waals surface area contributed by atoms with Gasteiger partial charge in [0.2, 0.25) is 0 Å². The smallest absolute Gasteiger partial charge is 0.0658 e. The van der Waals surface area contributed by atoms with Gasteiger partial charge in [-0.25, -0.2) is 0 Å². The normalized spacial score (nSPS) is 21.4. The molecule has 0 saturated carbocycles. The minimum absolute atomic E-state index is 0.0307. The molecule has 1 fully saturated rings. The summed E-state index contributed by atoms with van der Waals surface area (Å²) in [7, 11) is 0. The summed E-state index contributed by atoms with van der Waals surface area (Å²) in [5.41, 5.74) is 5.56. The minimum Gasteiger partial charge on any atom is -0.296 e. The van der Waals surface area contributed by atoms with Crippen molar-refractivity contribution in [3.63, 3.8) is 0 Å². The largest absolute Gasteiger partial charge is 0.296 e. The molecule has 4 heteroatoms. The fraction of sp³-hybridized carbons (Fsp3) is 0.688. The quantitative estimate of drug-likeness (QED) is 0.641. The van der Waals surface area contributed by atoms with E-state index in [-0.39, 0.29) is 11.6 Å². The van der Waals surface area contributed by atoms with Gasteiger partial charge < -0.3 is 0 Å². The molecule has 2 rings (SSSR count). The topological polar surface area (TPSA) is 54.2 Å². The van der Waals surface area contributed by atoms with E-state index in [1.807, 2.05) is 12.4 Å². The predicted molar refractivity (Wildman–Crippen MR) is 83.2 cm³/mol. The summed E-state index contributed by atoms with van der Waals surface area (Å²) in [5, 5.41) is 0. The second-order valence-electron chi connectivity index (χ2n) is 6.09. The van der Waals surface area contributed by atoms with Crippen LogP contribution in [0.25, 0.3) is 0 Å². The first kappa shape index (κ1) is 15.4. The first-order valence-electron chi connectivity index (χ1n) is 7.75. The van der Waals surface area contributed by atoms with Gasteiger partial charge in [0.25, 0.3) is 0 Å². The second-order valence-corrected chi connectivity index (χ2v) is 6.09. The molecule has 3 N–H and O–H groups in total. The molecule has 0 aliphatic carbocycles. The number of hydrogen-bond acceptors (Lipinski definition) is 4. The molecule has 1 aromatic rings. The number of nitrogens with two attached hydrogens (primary N) is 1. The molecule has 2 unspecified atom stereocenters. The number of piperidine rings is 1. The third kappa shape index (κ3) is 2.87. The van der Waals surface area contributed by atoms with Gasteiger partial charge in [0.15, 0.2) is 0 Å². The first-order chi connectivity index (χ1) is 9.63. The van der Waals surface area contributed by atoms with Crippen LogP contribution in [-0.4, -0.2) is 28.5 Å². The van der Waals surface area contributed by atoms with E-state index in [0.717, 1.165) is 6.42 Å². The molecule has 2 heterocycles. The van der Waals surface area contributed by atoms with Crippen LogP contribution in [0.4, 0.5) is 0 Å². The van der Waals surface area contributed by atoms with Gasteiger partial charge in [0, 0.05) is 17.9 Å². The number of aryl methyl sites for hydroxylation is 1. The van der Waals surface area contributed by atoms with Gasteiger partial charge in [-0.15, -0.1) is 0 Å². The summed E-state index contributed by atoms with van der Waals surface area (Å²) < 4.78 is 0. The number of rotatable bonds is 5. The van der Waals surface area contributed by atoms with E-state index < -0.39 is 0 Å². The molecule has 0 radical (unpaired) electrons. The van der Waals surface area contributed by atoms with E-state index in [2.05, 4.69) is 42.1 Å². The van der Waals surface area contributed by atoms with Gasteiger partial charge in [0.05, 0.1) is 6.04 Å². The Labute approximate surface area is 122 Å². The number of nitrogens with one attached hydrogen (secondary N) is 1. The summed E-state index contributed by atoms with van der Waals surface area (Å²) in [6, 6.07) is 2.17. The molecule has 1 aliphatic heterocycles. The van der Waals surface area contributed by atoms with Gasteiger partial charge in [0.1, 0.15) is 0 Å². The van der Waals surface area contributed by atoms with Crippen molar-refractivity contribution in [1.29, 1.82) is 0 Å². The van der Waals surface area contributed by atoms with Crippen molar-refractivity contribution in [2.45, 2.75) is 58.0 Å². The van der Waals surface area contributed by atoms with Gasteiger partial charge in [-0.05, 0) is 63.4 Å². The Morgan fingerprint density at radius 1 is 1.40 bits per heavy atom. The monoisotopic (exact) mass is 276 g/mol. The van der Waals surface area contributed by atoms with Crippen LogP contribution >= 0.6 is 0 Å². The zero-order chi connectivity index (χ0) is 14.6. The number of nitrogens with zero attached hydrogens (tertiary/aromatic N) is 2. The number of aromatic nitrogens is 1.